The molecule has 0 unspecified atom stereocenters. The molecule has 0 heterocycles. The van der Waals surface area contributed by atoms with E-state index in [0.717, 1.165) is 15.4 Å². The standard InChI is InChI=1S/C27H29Cl2N3O4S/c1-4-23(27(34)30-3)31(17-20-15-13-19(2)14-16-20)25(33)18-32(24-12-8-11-22(28)26(24)29)37(35,36)21-9-6-5-7-10-21/h5-16,23H,4,17-18H2,1-3H3,(H,30,34)/t23-/m1/s1. The van der Waals surface area contributed by atoms with Gasteiger partial charge in [0.05, 0.1) is 20.6 Å². The summed E-state index contributed by atoms with van der Waals surface area (Å²) in [6.07, 6.45) is 0.334. The van der Waals surface area contributed by atoms with E-state index in [1.807, 2.05) is 31.2 Å². The van der Waals surface area contributed by atoms with Gasteiger partial charge in [0, 0.05) is 13.6 Å². The van der Waals surface area contributed by atoms with Crippen LogP contribution < -0.4 is 9.62 Å². The van der Waals surface area contributed by atoms with Crippen molar-refractivity contribution >= 4 is 50.7 Å². The van der Waals surface area contributed by atoms with Gasteiger partial charge < -0.3 is 10.2 Å². The molecule has 0 aliphatic heterocycles. The molecule has 0 fully saturated rings. The second-order valence-electron chi connectivity index (χ2n) is 8.44. The molecule has 0 aliphatic carbocycles. The van der Waals surface area contributed by atoms with E-state index in [4.69, 9.17) is 23.2 Å². The van der Waals surface area contributed by atoms with Gasteiger partial charge in [-0.3, -0.25) is 13.9 Å². The Morgan fingerprint density at radius 1 is 0.946 bits per heavy atom. The van der Waals surface area contributed by atoms with E-state index in [0.29, 0.717) is 6.42 Å². The van der Waals surface area contributed by atoms with Gasteiger partial charge in [0.2, 0.25) is 11.8 Å². The molecule has 0 saturated carbocycles. The molecule has 3 aromatic rings. The molecular formula is C27H29Cl2N3O4S. The van der Waals surface area contributed by atoms with Crippen molar-refractivity contribution in [2.45, 2.75) is 37.8 Å². The van der Waals surface area contributed by atoms with Crippen molar-refractivity contribution in [3.05, 3.63) is 94.0 Å². The van der Waals surface area contributed by atoms with Crippen molar-refractivity contribution in [2.24, 2.45) is 0 Å². The molecule has 0 aromatic heterocycles. The Kier molecular flexibility index (Phi) is 9.59. The van der Waals surface area contributed by atoms with Crippen molar-refractivity contribution in [1.82, 2.24) is 10.2 Å². The molecule has 0 spiro atoms. The van der Waals surface area contributed by atoms with Gasteiger partial charge in [-0.15, -0.1) is 0 Å². The third-order valence-corrected chi connectivity index (χ3v) is 8.50. The number of hydrogen-bond acceptors (Lipinski definition) is 4. The van der Waals surface area contributed by atoms with E-state index in [-0.39, 0.29) is 33.1 Å². The molecule has 10 heteroatoms. The fourth-order valence-corrected chi connectivity index (χ4v) is 5.79. The minimum absolute atomic E-state index is 0.0000925. The SMILES string of the molecule is CC[C@H](C(=O)NC)N(Cc1ccc(C)cc1)C(=O)CN(c1cccc(Cl)c1Cl)S(=O)(=O)c1ccccc1. The van der Waals surface area contributed by atoms with Crippen LogP contribution in [-0.4, -0.2) is 44.8 Å². The fraction of sp³-hybridized carbons (Fsp3) is 0.259. The maximum absolute atomic E-state index is 13.9. The summed E-state index contributed by atoms with van der Waals surface area (Å²) in [4.78, 5) is 28.0. The highest BCUT2D eigenvalue weighted by Crippen LogP contribution is 2.35. The predicted molar refractivity (Wildman–Crippen MR) is 147 cm³/mol. The first kappa shape index (κ1) is 28.5. The lowest BCUT2D eigenvalue weighted by Gasteiger charge is -2.33. The number of sulfonamides is 1. The minimum Gasteiger partial charge on any atom is -0.357 e. The van der Waals surface area contributed by atoms with E-state index in [9.17, 15) is 18.0 Å². The van der Waals surface area contributed by atoms with Crippen LogP contribution in [-0.2, 0) is 26.2 Å². The van der Waals surface area contributed by atoms with Crippen LogP contribution in [0.3, 0.4) is 0 Å². The minimum atomic E-state index is -4.22. The van der Waals surface area contributed by atoms with Crippen LogP contribution >= 0.6 is 23.2 Å². The van der Waals surface area contributed by atoms with Gasteiger partial charge in [0.15, 0.2) is 0 Å². The molecular weight excluding hydrogens is 533 g/mol. The molecule has 3 aromatic carbocycles. The van der Waals surface area contributed by atoms with E-state index >= 15 is 0 Å². The van der Waals surface area contributed by atoms with Crippen molar-refractivity contribution < 1.29 is 18.0 Å². The first-order valence-electron chi connectivity index (χ1n) is 11.7. The van der Waals surface area contributed by atoms with Gasteiger partial charge in [0.1, 0.15) is 12.6 Å². The van der Waals surface area contributed by atoms with Gasteiger partial charge in [-0.25, -0.2) is 8.42 Å². The van der Waals surface area contributed by atoms with Crippen molar-refractivity contribution in [3.63, 3.8) is 0 Å². The summed E-state index contributed by atoms with van der Waals surface area (Å²) in [5.41, 5.74) is 1.92. The van der Waals surface area contributed by atoms with Gasteiger partial charge in [-0.05, 0) is 43.2 Å². The molecule has 37 heavy (non-hydrogen) atoms. The summed E-state index contributed by atoms with van der Waals surface area (Å²) < 4.78 is 28.4. The van der Waals surface area contributed by atoms with E-state index in [1.165, 1.54) is 36.2 Å². The largest absolute Gasteiger partial charge is 0.357 e. The van der Waals surface area contributed by atoms with Crippen LogP contribution in [0.1, 0.15) is 24.5 Å². The Morgan fingerprint density at radius 2 is 1.59 bits per heavy atom. The molecule has 196 valence electrons. The number of carbonyl (C=O) groups excluding carboxylic acids is 2. The third-order valence-electron chi connectivity index (χ3n) is 5.92. The predicted octanol–water partition coefficient (Wildman–Crippen LogP) is 5.05. The van der Waals surface area contributed by atoms with Crippen LogP contribution in [0.4, 0.5) is 5.69 Å². The number of nitrogens with zero attached hydrogens (tertiary/aromatic N) is 2. The topological polar surface area (TPSA) is 86.8 Å². The monoisotopic (exact) mass is 561 g/mol. The van der Waals surface area contributed by atoms with Gasteiger partial charge >= 0.3 is 0 Å². The molecule has 0 aliphatic rings. The molecule has 0 radical (unpaired) electrons. The van der Waals surface area contributed by atoms with Gasteiger partial charge in [-0.2, -0.15) is 0 Å². The zero-order chi connectivity index (χ0) is 27.2. The maximum atomic E-state index is 13.9. The first-order chi connectivity index (χ1) is 17.6. The summed E-state index contributed by atoms with van der Waals surface area (Å²) in [7, 11) is -2.72. The zero-order valence-corrected chi connectivity index (χ0v) is 23.1. The number of anilines is 1. The van der Waals surface area contributed by atoms with E-state index in [1.54, 1.807) is 31.2 Å². The highest BCUT2D eigenvalue weighted by atomic mass is 35.5. The molecule has 1 atom stereocenters. The summed E-state index contributed by atoms with van der Waals surface area (Å²) in [5, 5.41) is 2.75. The number of benzene rings is 3. The number of halogens is 2. The summed E-state index contributed by atoms with van der Waals surface area (Å²) in [6, 6.07) is 19.1. The average molecular weight is 563 g/mol. The lowest BCUT2D eigenvalue weighted by Crippen LogP contribution is -2.51. The van der Waals surface area contributed by atoms with E-state index < -0.39 is 28.5 Å². The Morgan fingerprint density at radius 3 is 2.19 bits per heavy atom. The molecule has 2 amide bonds. The Bertz CT molecular complexity index is 1350. The van der Waals surface area contributed by atoms with Crippen LogP contribution in [0.2, 0.25) is 10.0 Å². The summed E-state index contributed by atoms with van der Waals surface area (Å²) >= 11 is 12.6. The van der Waals surface area contributed by atoms with Gasteiger partial charge in [0.25, 0.3) is 10.0 Å². The smallest absolute Gasteiger partial charge is 0.264 e. The Labute approximate surface area is 228 Å². The van der Waals surface area contributed by atoms with Crippen molar-refractivity contribution in [2.75, 3.05) is 17.9 Å². The zero-order valence-electron chi connectivity index (χ0n) is 20.8. The lowest BCUT2D eigenvalue weighted by atomic mass is 10.1. The number of nitrogens with one attached hydrogen (secondary N) is 1. The van der Waals surface area contributed by atoms with E-state index in [2.05, 4.69) is 5.32 Å². The molecule has 0 bridgehead atoms. The van der Waals surface area contributed by atoms with Gasteiger partial charge in [-0.1, -0.05) is 84.2 Å². The second-order valence-corrected chi connectivity index (χ2v) is 11.1. The lowest BCUT2D eigenvalue weighted by molar-refractivity contribution is -0.140. The third kappa shape index (κ3) is 6.63. The quantitative estimate of drug-likeness (QED) is 0.375. The first-order valence-corrected chi connectivity index (χ1v) is 13.9. The number of rotatable bonds is 10. The number of likely N-dealkylation sites (N-methyl/N-ethyl adjacent to an activating group) is 1. The van der Waals surface area contributed by atoms with Crippen molar-refractivity contribution in [3.8, 4) is 0 Å². The molecule has 1 N–H and O–H groups in total. The maximum Gasteiger partial charge on any atom is 0.264 e. The number of carbonyl (C=O) groups is 2. The molecule has 7 nitrogen and oxygen atoms in total. The van der Waals surface area contributed by atoms with Crippen LogP contribution in [0.5, 0.6) is 0 Å². The van der Waals surface area contributed by atoms with Crippen LogP contribution in [0.25, 0.3) is 0 Å². The molecule has 0 saturated heterocycles. The number of aryl methyl sites for hydroxylation is 1. The number of amides is 2. The fourth-order valence-electron chi connectivity index (χ4n) is 3.89. The second kappa shape index (κ2) is 12.4. The number of hydrogen-bond donors (Lipinski definition) is 1. The average Bonchev–Trinajstić information content (AvgIpc) is 2.90. The molecule has 3 rings (SSSR count). The summed E-state index contributed by atoms with van der Waals surface area (Å²) in [5.74, 6) is -0.909. The highest BCUT2D eigenvalue weighted by molar-refractivity contribution is 7.92. The highest BCUT2D eigenvalue weighted by Gasteiger charge is 2.34. The van der Waals surface area contributed by atoms with Crippen molar-refractivity contribution in [1.29, 1.82) is 0 Å². The Hall–Kier alpha value is -3.07. The Balaban J connectivity index is 2.09. The summed E-state index contributed by atoms with van der Waals surface area (Å²) in [6.45, 7) is 3.28. The van der Waals surface area contributed by atoms with Crippen LogP contribution in [0.15, 0.2) is 77.7 Å². The normalized spacial score (nSPS) is 12.0. The van der Waals surface area contributed by atoms with Crippen LogP contribution in [0, 0.1) is 6.92 Å².